The molecule has 0 atom stereocenters. The number of carbonyl (C=O) groups is 1. The lowest BCUT2D eigenvalue weighted by molar-refractivity contribution is 0.0954. The third kappa shape index (κ3) is 4.70. The van der Waals surface area contributed by atoms with Crippen molar-refractivity contribution < 1.29 is 22.7 Å². The van der Waals surface area contributed by atoms with Gasteiger partial charge in [0, 0.05) is 19.2 Å². The summed E-state index contributed by atoms with van der Waals surface area (Å²) in [5, 5.41) is 2.85. The molecule has 0 saturated heterocycles. The third-order valence-electron chi connectivity index (χ3n) is 5.18. The SMILES string of the molecule is CN(c1ccccc1)S(=O)(=O)c1cccc(C(=O)NCCc2ccc3c(c2)OCCO3)c1. The van der Waals surface area contributed by atoms with Crippen LogP contribution < -0.4 is 19.1 Å². The van der Waals surface area contributed by atoms with Crippen LogP contribution in [-0.2, 0) is 16.4 Å². The second-order valence-electron chi connectivity index (χ2n) is 7.32. The number of nitrogens with zero attached hydrogens (tertiary/aromatic N) is 1. The molecule has 1 aliphatic heterocycles. The number of para-hydroxylation sites is 1. The Labute approximate surface area is 187 Å². The first-order valence-corrected chi connectivity index (χ1v) is 11.7. The summed E-state index contributed by atoms with van der Waals surface area (Å²) in [5.41, 5.74) is 1.84. The average Bonchev–Trinajstić information content (AvgIpc) is 2.84. The molecule has 7 nitrogen and oxygen atoms in total. The first kappa shape index (κ1) is 21.7. The fraction of sp³-hybridized carbons (Fsp3) is 0.208. The molecule has 166 valence electrons. The van der Waals surface area contributed by atoms with Gasteiger partial charge in [-0.3, -0.25) is 9.10 Å². The zero-order valence-corrected chi connectivity index (χ0v) is 18.5. The van der Waals surface area contributed by atoms with Gasteiger partial charge in [-0.2, -0.15) is 0 Å². The number of amides is 1. The molecule has 0 unspecified atom stereocenters. The van der Waals surface area contributed by atoms with E-state index in [4.69, 9.17) is 9.47 Å². The molecule has 1 aliphatic rings. The van der Waals surface area contributed by atoms with E-state index in [1.54, 1.807) is 36.4 Å². The smallest absolute Gasteiger partial charge is 0.264 e. The molecular formula is C24H24N2O5S. The molecule has 1 heterocycles. The molecule has 1 N–H and O–H groups in total. The van der Waals surface area contributed by atoms with Gasteiger partial charge in [-0.15, -0.1) is 0 Å². The van der Waals surface area contributed by atoms with Crippen LogP contribution in [0.15, 0.2) is 77.7 Å². The van der Waals surface area contributed by atoms with Gasteiger partial charge >= 0.3 is 0 Å². The number of anilines is 1. The molecule has 8 heteroatoms. The number of hydrogen-bond acceptors (Lipinski definition) is 5. The number of rotatable bonds is 7. The minimum atomic E-state index is -3.79. The Bertz CT molecular complexity index is 1210. The molecule has 0 spiro atoms. The lowest BCUT2D eigenvalue weighted by atomic mass is 10.1. The number of ether oxygens (including phenoxy) is 2. The van der Waals surface area contributed by atoms with Crippen molar-refractivity contribution in [3.8, 4) is 11.5 Å². The van der Waals surface area contributed by atoms with Crippen molar-refractivity contribution in [3.05, 3.63) is 83.9 Å². The highest BCUT2D eigenvalue weighted by Crippen LogP contribution is 2.30. The number of hydrogen-bond donors (Lipinski definition) is 1. The minimum absolute atomic E-state index is 0.0586. The molecule has 0 radical (unpaired) electrons. The summed E-state index contributed by atoms with van der Waals surface area (Å²) >= 11 is 0. The van der Waals surface area contributed by atoms with Gasteiger partial charge in [0.1, 0.15) is 13.2 Å². The Kier molecular flexibility index (Phi) is 6.32. The Morgan fingerprint density at radius 3 is 2.47 bits per heavy atom. The van der Waals surface area contributed by atoms with Crippen molar-refractivity contribution in [2.24, 2.45) is 0 Å². The second kappa shape index (κ2) is 9.32. The van der Waals surface area contributed by atoms with Gasteiger partial charge in [0.25, 0.3) is 15.9 Å². The van der Waals surface area contributed by atoms with Gasteiger partial charge in [-0.25, -0.2) is 8.42 Å². The normalized spacial score (nSPS) is 12.8. The van der Waals surface area contributed by atoms with E-state index in [2.05, 4.69) is 5.32 Å². The quantitative estimate of drug-likeness (QED) is 0.595. The summed E-state index contributed by atoms with van der Waals surface area (Å²) in [7, 11) is -2.30. The zero-order valence-electron chi connectivity index (χ0n) is 17.7. The standard InChI is InChI=1S/C24H24N2O5S/c1-26(20-7-3-2-4-8-20)32(28,29)21-9-5-6-19(17-21)24(27)25-13-12-18-10-11-22-23(16-18)31-15-14-30-22/h2-11,16-17H,12-15H2,1H3,(H,25,27). The highest BCUT2D eigenvalue weighted by atomic mass is 32.2. The van der Waals surface area contributed by atoms with Crippen LogP contribution in [0.2, 0.25) is 0 Å². The molecule has 0 saturated carbocycles. The molecule has 0 fully saturated rings. The summed E-state index contributed by atoms with van der Waals surface area (Å²) in [6.07, 6.45) is 0.608. The predicted octanol–water partition coefficient (Wildman–Crippen LogP) is 3.26. The van der Waals surface area contributed by atoms with E-state index in [1.165, 1.54) is 23.5 Å². The van der Waals surface area contributed by atoms with Crippen LogP contribution in [0.5, 0.6) is 11.5 Å². The van der Waals surface area contributed by atoms with Crippen molar-refractivity contribution in [2.45, 2.75) is 11.3 Å². The largest absolute Gasteiger partial charge is 0.486 e. The zero-order chi connectivity index (χ0) is 22.6. The average molecular weight is 453 g/mol. The molecule has 32 heavy (non-hydrogen) atoms. The van der Waals surface area contributed by atoms with Crippen LogP contribution in [0.4, 0.5) is 5.69 Å². The van der Waals surface area contributed by atoms with E-state index in [1.807, 2.05) is 24.3 Å². The van der Waals surface area contributed by atoms with Crippen molar-refractivity contribution in [1.82, 2.24) is 5.32 Å². The van der Waals surface area contributed by atoms with E-state index in [0.717, 1.165) is 11.3 Å². The maximum Gasteiger partial charge on any atom is 0.264 e. The van der Waals surface area contributed by atoms with Gasteiger partial charge in [0.05, 0.1) is 10.6 Å². The van der Waals surface area contributed by atoms with E-state index >= 15 is 0 Å². The van der Waals surface area contributed by atoms with Crippen LogP contribution in [0, 0.1) is 0 Å². The van der Waals surface area contributed by atoms with Crippen molar-refractivity contribution in [3.63, 3.8) is 0 Å². The first-order valence-electron chi connectivity index (χ1n) is 10.3. The van der Waals surface area contributed by atoms with Gasteiger partial charge in [0.15, 0.2) is 11.5 Å². The number of fused-ring (bicyclic) bond motifs is 1. The van der Waals surface area contributed by atoms with E-state index in [9.17, 15) is 13.2 Å². The van der Waals surface area contributed by atoms with Crippen LogP contribution in [0.1, 0.15) is 15.9 Å². The second-order valence-corrected chi connectivity index (χ2v) is 9.29. The van der Waals surface area contributed by atoms with Gasteiger partial charge in [0.2, 0.25) is 0 Å². The monoisotopic (exact) mass is 452 g/mol. The third-order valence-corrected chi connectivity index (χ3v) is 6.96. The first-order chi connectivity index (χ1) is 15.4. The summed E-state index contributed by atoms with van der Waals surface area (Å²) in [6.45, 7) is 1.46. The van der Waals surface area contributed by atoms with E-state index in [0.29, 0.717) is 37.6 Å². The summed E-state index contributed by atoms with van der Waals surface area (Å²) in [5.74, 6) is 1.10. The van der Waals surface area contributed by atoms with Crippen molar-refractivity contribution in [2.75, 3.05) is 31.1 Å². The minimum Gasteiger partial charge on any atom is -0.486 e. The lowest BCUT2D eigenvalue weighted by Crippen LogP contribution is -2.28. The van der Waals surface area contributed by atoms with Crippen molar-refractivity contribution in [1.29, 1.82) is 0 Å². The van der Waals surface area contributed by atoms with E-state index in [-0.39, 0.29) is 16.4 Å². The van der Waals surface area contributed by atoms with Crippen LogP contribution in [0.3, 0.4) is 0 Å². The van der Waals surface area contributed by atoms with Crippen LogP contribution in [0.25, 0.3) is 0 Å². The molecule has 3 aromatic rings. The van der Waals surface area contributed by atoms with Gasteiger partial charge < -0.3 is 14.8 Å². The van der Waals surface area contributed by atoms with Crippen LogP contribution in [-0.4, -0.2) is 41.1 Å². The van der Waals surface area contributed by atoms with Gasteiger partial charge in [-0.1, -0.05) is 30.3 Å². The Balaban J connectivity index is 1.41. The number of benzene rings is 3. The lowest BCUT2D eigenvalue weighted by Gasteiger charge is -2.20. The predicted molar refractivity (Wildman–Crippen MR) is 122 cm³/mol. The molecule has 0 bridgehead atoms. The topological polar surface area (TPSA) is 84.9 Å². The van der Waals surface area contributed by atoms with Crippen LogP contribution >= 0.6 is 0 Å². The summed E-state index contributed by atoms with van der Waals surface area (Å²) in [6, 6.07) is 20.6. The fourth-order valence-electron chi connectivity index (χ4n) is 3.40. The summed E-state index contributed by atoms with van der Waals surface area (Å²) < 4.78 is 38.3. The number of nitrogens with one attached hydrogen (secondary N) is 1. The molecule has 3 aromatic carbocycles. The Morgan fingerprint density at radius 1 is 0.938 bits per heavy atom. The number of carbonyl (C=O) groups excluding carboxylic acids is 1. The van der Waals surface area contributed by atoms with E-state index < -0.39 is 10.0 Å². The highest BCUT2D eigenvalue weighted by molar-refractivity contribution is 7.92. The highest BCUT2D eigenvalue weighted by Gasteiger charge is 2.22. The fourth-order valence-corrected chi connectivity index (χ4v) is 4.64. The molecule has 0 aliphatic carbocycles. The summed E-state index contributed by atoms with van der Waals surface area (Å²) in [4.78, 5) is 12.7. The maximum atomic E-state index is 13.0. The maximum absolute atomic E-state index is 13.0. The van der Waals surface area contributed by atoms with Gasteiger partial charge in [-0.05, 0) is 54.4 Å². The molecule has 4 rings (SSSR count). The number of sulfonamides is 1. The Morgan fingerprint density at radius 2 is 1.69 bits per heavy atom. The molecule has 0 aromatic heterocycles. The van der Waals surface area contributed by atoms with Crippen molar-refractivity contribution >= 4 is 21.6 Å². The molecule has 1 amide bonds. The molecular weight excluding hydrogens is 428 g/mol. The Hall–Kier alpha value is -3.52.